The van der Waals surface area contributed by atoms with Crippen molar-refractivity contribution < 1.29 is 4.92 Å². The molecule has 2 aromatic carbocycles. The van der Waals surface area contributed by atoms with Crippen LogP contribution in [0.1, 0.15) is 5.56 Å². The molecule has 0 fully saturated rings. The van der Waals surface area contributed by atoms with Crippen LogP contribution < -0.4 is 0 Å². The largest absolute Gasteiger partial charge is 0.296 e. The van der Waals surface area contributed by atoms with E-state index in [9.17, 15) is 10.1 Å². The molecule has 0 amide bonds. The molecule has 5 nitrogen and oxygen atoms in total. The summed E-state index contributed by atoms with van der Waals surface area (Å²) in [6.45, 7) is 0.283. The highest BCUT2D eigenvalue weighted by Gasteiger charge is 2.11. The second-order valence-electron chi connectivity index (χ2n) is 3.74. The predicted octanol–water partition coefficient (Wildman–Crippen LogP) is 4.53. The molecule has 0 bridgehead atoms. The number of para-hydroxylation sites is 1. The van der Waals surface area contributed by atoms with E-state index in [4.69, 9.17) is 11.6 Å². The maximum atomic E-state index is 10.8. The van der Waals surface area contributed by atoms with E-state index in [0.29, 0.717) is 5.02 Å². The first kappa shape index (κ1) is 13.2. The average Bonchev–Trinajstić information content (AvgIpc) is 2.41. The zero-order chi connectivity index (χ0) is 13.7. The highest BCUT2D eigenvalue weighted by molar-refractivity contribution is 6.31. The molecule has 6 heteroatoms. The lowest BCUT2D eigenvalue weighted by Crippen LogP contribution is -1.87. The number of rotatable bonds is 4. The summed E-state index contributed by atoms with van der Waals surface area (Å²) in [5, 5.41) is 19.2. The zero-order valence-corrected chi connectivity index (χ0v) is 10.6. The molecule has 2 aromatic rings. The molecular weight excluding hydrogens is 266 g/mol. The van der Waals surface area contributed by atoms with Gasteiger partial charge in [0.25, 0.3) is 5.69 Å². The second kappa shape index (κ2) is 6.06. The van der Waals surface area contributed by atoms with Crippen molar-refractivity contribution in [1.82, 2.24) is 0 Å². The first-order valence-corrected chi connectivity index (χ1v) is 5.90. The third kappa shape index (κ3) is 3.35. The van der Waals surface area contributed by atoms with E-state index in [-0.39, 0.29) is 17.9 Å². The van der Waals surface area contributed by atoms with Crippen LogP contribution in [0.25, 0.3) is 0 Å². The summed E-state index contributed by atoms with van der Waals surface area (Å²) in [6.07, 6.45) is 0. The minimum absolute atomic E-state index is 0.0644. The van der Waals surface area contributed by atoms with Gasteiger partial charge >= 0.3 is 0 Å². The van der Waals surface area contributed by atoms with Gasteiger partial charge in [-0.1, -0.05) is 41.9 Å². The van der Waals surface area contributed by atoms with Crippen LogP contribution in [-0.4, -0.2) is 4.92 Å². The van der Waals surface area contributed by atoms with Gasteiger partial charge in [0.05, 0.1) is 11.5 Å². The fourth-order valence-corrected chi connectivity index (χ4v) is 1.71. The molecule has 2 rings (SSSR count). The van der Waals surface area contributed by atoms with Crippen molar-refractivity contribution in [2.24, 2.45) is 10.2 Å². The van der Waals surface area contributed by atoms with Gasteiger partial charge in [-0.05, 0) is 17.7 Å². The van der Waals surface area contributed by atoms with Crippen molar-refractivity contribution >= 4 is 23.0 Å². The van der Waals surface area contributed by atoms with Crippen LogP contribution in [-0.2, 0) is 6.54 Å². The highest BCUT2D eigenvalue weighted by atomic mass is 35.5. The molecule has 0 aromatic heterocycles. The third-order valence-corrected chi connectivity index (χ3v) is 2.82. The molecule has 0 radical (unpaired) electrons. The minimum Gasteiger partial charge on any atom is -0.258 e. The molecule has 0 saturated carbocycles. The van der Waals surface area contributed by atoms with Gasteiger partial charge in [0, 0.05) is 11.1 Å². The Morgan fingerprint density at radius 3 is 2.53 bits per heavy atom. The van der Waals surface area contributed by atoms with Gasteiger partial charge in [0.1, 0.15) is 0 Å². The van der Waals surface area contributed by atoms with Gasteiger partial charge in [0.2, 0.25) is 0 Å². The summed E-state index contributed by atoms with van der Waals surface area (Å²) >= 11 is 5.98. The van der Waals surface area contributed by atoms with E-state index in [2.05, 4.69) is 10.2 Å². The molecule has 0 N–H and O–H groups in total. The molecule has 0 aliphatic heterocycles. The van der Waals surface area contributed by atoms with Crippen LogP contribution in [0.4, 0.5) is 11.4 Å². The number of nitrogens with zero attached hydrogens (tertiary/aromatic N) is 3. The number of nitro groups is 1. The van der Waals surface area contributed by atoms with Gasteiger partial charge in [0.15, 0.2) is 5.69 Å². The summed E-state index contributed by atoms with van der Waals surface area (Å²) in [5.74, 6) is 0. The van der Waals surface area contributed by atoms with E-state index in [0.717, 1.165) is 5.56 Å². The van der Waals surface area contributed by atoms with Crippen LogP contribution in [0, 0.1) is 10.1 Å². The normalized spacial score (nSPS) is 10.8. The van der Waals surface area contributed by atoms with Crippen molar-refractivity contribution in [2.45, 2.75) is 6.54 Å². The van der Waals surface area contributed by atoms with Crippen molar-refractivity contribution in [3.63, 3.8) is 0 Å². The molecule has 19 heavy (non-hydrogen) atoms. The van der Waals surface area contributed by atoms with Crippen molar-refractivity contribution in [2.75, 3.05) is 0 Å². The topological polar surface area (TPSA) is 67.9 Å². The fourth-order valence-electron chi connectivity index (χ4n) is 1.52. The summed E-state index contributed by atoms with van der Waals surface area (Å²) in [7, 11) is 0. The molecule has 0 spiro atoms. The summed E-state index contributed by atoms with van der Waals surface area (Å²) in [6, 6.07) is 13.5. The lowest BCUT2D eigenvalue weighted by molar-refractivity contribution is -0.384. The lowest BCUT2D eigenvalue weighted by atomic mass is 10.2. The number of hydrogen-bond acceptors (Lipinski definition) is 4. The van der Waals surface area contributed by atoms with Crippen molar-refractivity contribution in [1.29, 1.82) is 0 Å². The molecule has 0 atom stereocenters. The van der Waals surface area contributed by atoms with E-state index < -0.39 is 4.92 Å². The second-order valence-corrected chi connectivity index (χ2v) is 4.14. The molecule has 0 aliphatic carbocycles. The van der Waals surface area contributed by atoms with Gasteiger partial charge in [-0.15, -0.1) is 5.11 Å². The van der Waals surface area contributed by atoms with Gasteiger partial charge < -0.3 is 0 Å². The van der Waals surface area contributed by atoms with Crippen molar-refractivity contribution in [3.8, 4) is 0 Å². The Morgan fingerprint density at radius 1 is 1.11 bits per heavy atom. The van der Waals surface area contributed by atoms with Gasteiger partial charge in [-0.2, -0.15) is 5.11 Å². The van der Waals surface area contributed by atoms with Crippen LogP contribution in [0.15, 0.2) is 58.8 Å². The van der Waals surface area contributed by atoms with E-state index in [1.54, 1.807) is 24.3 Å². The Hall–Kier alpha value is -2.27. The Balaban J connectivity index is 2.16. The average molecular weight is 276 g/mol. The van der Waals surface area contributed by atoms with Crippen LogP contribution in [0.5, 0.6) is 0 Å². The third-order valence-electron chi connectivity index (χ3n) is 2.46. The molecule has 0 heterocycles. The monoisotopic (exact) mass is 275 g/mol. The van der Waals surface area contributed by atoms with E-state index in [1.807, 2.05) is 18.2 Å². The number of azo groups is 1. The maximum absolute atomic E-state index is 10.8. The molecular formula is C13H10ClN3O2. The highest BCUT2D eigenvalue weighted by Crippen LogP contribution is 2.27. The fraction of sp³-hybridized carbons (Fsp3) is 0.0769. The molecule has 96 valence electrons. The van der Waals surface area contributed by atoms with Crippen LogP contribution >= 0.6 is 11.6 Å². The number of benzene rings is 2. The Labute approximate surface area is 114 Å². The van der Waals surface area contributed by atoms with E-state index in [1.165, 1.54) is 6.07 Å². The maximum Gasteiger partial charge on any atom is 0.296 e. The summed E-state index contributed by atoms with van der Waals surface area (Å²) in [5.41, 5.74) is 0.997. The molecule has 0 saturated heterocycles. The number of halogens is 1. The first-order valence-electron chi connectivity index (χ1n) is 5.53. The van der Waals surface area contributed by atoms with Gasteiger partial charge in [-0.3, -0.25) is 10.1 Å². The number of hydrogen-bond donors (Lipinski definition) is 0. The van der Waals surface area contributed by atoms with Crippen molar-refractivity contribution in [3.05, 3.63) is 69.2 Å². The lowest BCUT2D eigenvalue weighted by Gasteiger charge is -1.98. The van der Waals surface area contributed by atoms with E-state index >= 15 is 0 Å². The molecule has 0 aliphatic rings. The summed E-state index contributed by atoms with van der Waals surface area (Å²) < 4.78 is 0. The van der Waals surface area contributed by atoms with Crippen LogP contribution in [0.2, 0.25) is 5.02 Å². The first-order chi connectivity index (χ1) is 9.18. The van der Waals surface area contributed by atoms with Gasteiger partial charge in [-0.25, -0.2) is 0 Å². The Bertz CT molecular complexity index is 629. The smallest absolute Gasteiger partial charge is 0.258 e. The SMILES string of the molecule is O=[N+]([O-])c1ccccc1N=NCc1ccccc1Cl. The number of nitro benzene ring substituents is 1. The molecule has 0 unspecified atom stereocenters. The minimum atomic E-state index is -0.482. The zero-order valence-electron chi connectivity index (χ0n) is 9.86. The quantitative estimate of drug-likeness (QED) is 0.467. The Kier molecular flexibility index (Phi) is 4.20. The van der Waals surface area contributed by atoms with Crippen LogP contribution in [0.3, 0.4) is 0 Å². The summed E-state index contributed by atoms with van der Waals surface area (Å²) in [4.78, 5) is 10.3. The Morgan fingerprint density at radius 2 is 1.79 bits per heavy atom. The standard InChI is InChI=1S/C13H10ClN3O2/c14-11-6-2-1-5-10(11)9-15-16-12-7-3-4-8-13(12)17(18)19/h1-8H,9H2. The predicted molar refractivity (Wildman–Crippen MR) is 72.8 cm³/mol.